The lowest BCUT2D eigenvalue weighted by Gasteiger charge is -2.27. The zero-order valence-electron chi connectivity index (χ0n) is 15.6. The van der Waals surface area contributed by atoms with Crippen LogP contribution in [0.4, 0.5) is 5.69 Å². The van der Waals surface area contributed by atoms with E-state index < -0.39 is 5.41 Å². The number of anilines is 1. The van der Waals surface area contributed by atoms with Crippen LogP contribution in [0.25, 0.3) is 10.8 Å². The fraction of sp³-hybridized carbons (Fsp3) is 0.318. The number of hydrogen-bond donors (Lipinski definition) is 0. The Morgan fingerprint density at radius 2 is 1.96 bits per heavy atom. The predicted octanol–water partition coefficient (Wildman–Crippen LogP) is 5.39. The molecule has 2 aromatic heterocycles. The van der Waals surface area contributed by atoms with Crippen LogP contribution >= 0.6 is 15.9 Å². The van der Waals surface area contributed by atoms with Gasteiger partial charge in [0.25, 0.3) is 0 Å². The normalized spacial score (nSPS) is 18.9. The van der Waals surface area contributed by atoms with E-state index in [4.69, 9.17) is 0 Å². The summed E-state index contributed by atoms with van der Waals surface area (Å²) in [7, 11) is 0. The van der Waals surface area contributed by atoms with Crippen molar-refractivity contribution in [1.29, 1.82) is 0 Å². The van der Waals surface area contributed by atoms with E-state index in [0.29, 0.717) is 6.54 Å². The first-order chi connectivity index (χ1) is 13.1. The quantitative estimate of drug-likeness (QED) is 0.552. The van der Waals surface area contributed by atoms with Crippen molar-refractivity contribution < 1.29 is 4.79 Å². The molecule has 0 saturated carbocycles. The molecule has 0 fully saturated rings. The highest BCUT2D eigenvalue weighted by atomic mass is 79.9. The SMILES string of the molecule is CCCC1(CC)C(=O)N(Cc2ncc3ccccc3c2Br)c2cnccc21. The summed E-state index contributed by atoms with van der Waals surface area (Å²) >= 11 is 3.71. The van der Waals surface area contributed by atoms with E-state index in [2.05, 4.69) is 45.8 Å². The van der Waals surface area contributed by atoms with Crippen LogP contribution in [-0.4, -0.2) is 15.9 Å². The van der Waals surface area contributed by atoms with Gasteiger partial charge in [0.05, 0.1) is 29.5 Å². The molecular formula is C22H22BrN3O. The Balaban J connectivity index is 1.79. The fourth-order valence-corrected chi connectivity index (χ4v) is 4.85. The smallest absolute Gasteiger partial charge is 0.238 e. The number of amides is 1. The van der Waals surface area contributed by atoms with E-state index in [9.17, 15) is 4.79 Å². The van der Waals surface area contributed by atoms with E-state index in [1.54, 1.807) is 6.20 Å². The van der Waals surface area contributed by atoms with Crippen molar-refractivity contribution in [1.82, 2.24) is 9.97 Å². The number of hydrogen-bond acceptors (Lipinski definition) is 3. The van der Waals surface area contributed by atoms with Gasteiger partial charge < -0.3 is 4.90 Å². The highest BCUT2D eigenvalue weighted by Crippen LogP contribution is 2.47. The van der Waals surface area contributed by atoms with Crippen LogP contribution in [0, 0.1) is 0 Å². The lowest BCUT2D eigenvalue weighted by Crippen LogP contribution is -2.39. The first-order valence-corrected chi connectivity index (χ1v) is 10.2. The molecule has 138 valence electrons. The second-order valence-electron chi connectivity index (χ2n) is 7.08. The molecule has 3 aromatic rings. The molecule has 0 radical (unpaired) electrons. The highest BCUT2D eigenvalue weighted by Gasteiger charge is 2.49. The zero-order chi connectivity index (χ0) is 19.0. The van der Waals surface area contributed by atoms with Crippen molar-refractivity contribution in [3.63, 3.8) is 0 Å². The maximum atomic E-state index is 13.5. The molecule has 5 heteroatoms. The molecule has 1 aromatic carbocycles. The third kappa shape index (κ3) is 2.76. The third-order valence-corrected chi connectivity index (χ3v) is 6.54. The van der Waals surface area contributed by atoms with Crippen LogP contribution in [0.2, 0.25) is 0 Å². The van der Waals surface area contributed by atoms with Crippen molar-refractivity contribution in [3.8, 4) is 0 Å². The largest absolute Gasteiger partial charge is 0.304 e. The van der Waals surface area contributed by atoms with E-state index in [0.717, 1.165) is 51.5 Å². The maximum Gasteiger partial charge on any atom is 0.238 e. The Morgan fingerprint density at radius 3 is 2.74 bits per heavy atom. The van der Waals surface area contributed by atoms with E-state index in [1.807, 2.05) is 41.6 Å². The summed E-state index contributed by atoms with van der Waals surface area (Å²) in [5.41, 5.74) is 2.43. The van der Waals surface area contributed by atoms with Crippen molar-refractivity contribution in [2.24, 2.45) is 0 Å². The van der Waals surface area contributed by atoms with Crippen LogP contribution in [0.1, 0.15) is 44.4 Å². The molecule has 0 N–H and O–H groups in total. The molecule has 1 amide bonds. The van der Waals surface area contributed by atoms with Crippen molar-refractivity contribution in [2.45, 2.75) is 45.1 Å². The maximum absolute atomic E-state index is 13.5. The monoisotopic (exact) mass is 423 g/mol. The van der Waals surface area contributed by atoms with Gasteiger partial charge in [0.2, 0.25) is 5.91 Å². The predicted molar refractivity (Wildman–Crippen MR) is 112 cm³/mol. The number of aromatic nitrogens is 2. The second kappa shape index (κ2) is 7.04. The average molecular weight is 424 g/mol. The summed E-state index contributed by atoms with van der Waals surface area (Å²) < 4.78 is 0.948. The Kier molecular flexibility index (Phi) is 4.72. The molecule has 1 atom stereocenters. The molecule has 4 rings (SSSR count). The minimum Gasteiger partial charge on any atom is -0.304 e. The van der Waals surface area contributed by atoms with Crippen LogP contribution in [0.5, 0.6) is 0 Å². The van der Waals surface area contributed by atoms with E-state index in [-0.39, 0.29) is 5.91 Å². The second-order valence-corrected chi connectivity index (χ2v) is 7.87. The fourth-order valence-electron chi connectivity index (χ4n) is 4.26. The molecule has 4 nitrogen and oxygen atoms in total. The highest BCUT2D eigenvalue weighted by molar-refractivity contribution is 9.10. The van der Waals surface area contributed by atoms with Gasteiger partial charge in [-0.3, -0.25) is 14.8 Å². The van der Waals surface area contributed by atoms with Gasteiger partial charge in [0, 0.05) is 22.3 Å². The summed E-state index contributed by atoms with van der Waals surface area (Å²) in [4.78, 5) is 24.3. The summed E-state index contributed by atoms with van der Waals surface area (Å²) in [5, 5.41) is 2.19. The Labute approximate surface area is 167 Å². The van der Waals surface area contributed by atoms with E-state index >= 15 is 0 Å². The van der Waals surface area contributed by atoms with Gasteiger partial charge in [0.15, 0.2) is 0 Å². The minimum absolute atomic E-state index is 0.164. The van der Waals surface area contributed by atoms with Crippen LogP contribution < -0.4 is 4.90 Å². The number of pyridine rings is 2. The molecule has 1 aliphatic heterocycles. The number of benzene rings is 1. The Hall–Kier alpha value is -2.27. The average Bonchev–Trinajstić information content (AvgIpc) is 2.93. The molecule has 0 saturated heterocycles. The van der Waals surface area contributed by atoms with E-state index in [1.165, 1.54) is 0 Å². The molecule has 1 aliphatic rings. The number of carbonyl (C=O) groups excluding carboxylic acids is 1. The molecular weight excluding hydrogens is 402 g/mol. The topological polar surface area (TPSA) is 46.1 Å². The first kappa shape index (κ1) is 18.1. The van der Waals surface area contributed by atoms with Crippen molar-refractivity contribution in [2.75, 3.05) is 4.90 Å². The summed E-state index contributed by atoms with van der Waals surface area (Å²) in [5.74, 6) is 0.164. The number of nitrogens with zero attached hydrogens (tertiary/aromatic N) is 3. The summed E-state index contributed by atoms with van der Waals surface area (Å²) in [6.45, 7) is 4.68. The Bertz CT molecular complexity index is 1020. The van der Waals surface area contributed by atoms with Gasteiger partial charge >= 0.3 is 0 Å². The minimum atomic E-state index is -0.448. The molecule has 1 unspecified atom stereocenters. The summed E-state index contributed by atoms with van der Waals surface area (Å²) in [6, 6.07) is 10.1. The van der Waals surface area contributed by atoms with Gasteiger partial charge in [0.1, 0.15) is 0 Å². The van der Waals surface area contributed by atoms with Crippen molar-refractivity contribution in [3.05, 3.63) is 64.7 Å². The molecule has 3 heterocycles. The third-order valence-electron chi connectivity index (χ3n) is 5.66. The number of halogens is 1. The number of fused-ring (bicyclic) bond motifs is 2. The van der Waals surface area contributed by atoms with Gasteiger partial charge in [-0.25, -0.2) is 0 Å². The van der Waals surface area contributed by atoms with Gasteiger partial charge in [-0.05, 0) is 45.8 Å². The number of carbonyl (C=O) groups is 1. The van der Waals surface area contributed by atoms with Crippen LogP contribution in [0.3, 0.4) is 0 Å². The Morgan fingerprint density at radius 1 is 1.15 bits per heavy atom. The number of rotatable bonds is 5. The summed E-state index contributed by atoms with van der Waals surface area (Å²) in [6.07, 6.45) is 8.09. The molecule has 0 aliphatic carbocycles. The lowest BCUT2D eigenvalue weighted by atomic mass is 9.76. The standard InChI is InChI=1S/C22H22BrN3O/c1-3-10-22(4-2)17-9-11-24-13-19(17)26(21(22)27)14-18-20(23)16-8-6-5-7-15(16)12-25-18/h5-9,11-13H,3-4,10,14H2,1-2H3. The van der Waals surface area contributed by atoms with Gasteiger partial charge in [-0.15, -0.1) is 0 Å². The molecule has 0 spiro atoms. The molecule has 27 heavy (non-hydrogen) atoms. The van der Waals surface area contributed by atoms with Gasteiger partial charge in [-0.1, -0.05) is 44.5 Å². The lowest BCUT2D eigenvalue weighted by molar-refractivity contribution is -0.123. The molecule has 0 bridgehead atoms. The zero-order valence-corrected chi connectivity index (χ0v) is 17.2. The first-order valence-electron chi connectivity index (χ1n) is 9.41. The van der Waals surface area contributed by atoms with Gasteiger partial charge in [-0.2, -0.15) is 0 Å². The van der Waals surface area contributed by atoms with Crippen LogP contribution in [0.15, 0.2) is 53.4 Å². The van der Waals surface area contributed by atoms with Crippen LogP contribution in [-0.2, 0) is 16.8 Å². The van der Waals surface area contributed by atoms with Crippen molar-refractivity contribution >= 4 is 38.3 Å².